The second-order valence-electron chi connectivity index (χ2n) is 8.39. The van der Waals surface area contributed by atoms with E-state index in [-0.39, 0.29) is 0 Å². The monoisotopic (exact) mass is 450 g/mol. The Morgan fingerprint density at radius 1 is 1.19 bits per heavy atom. The van der Waals surface area contributed by atoms with Gasteiger partial charge < -0.3 is 10.2 Å². The standard InChI is InChI=1S/C25H27ClN4S/c1-17-14-21-24(23-19(7-5-11-27-23)15-28-25(21)31-17)30-13-12-29(2)20(16-30)10-9-18-6-3-4-8-22(18)26/h3-8,11,14-15,20,28H,9-10,12-13,16H2,1-2H3. The summed E-state index contributed by atoms with van der Waals surface area (Å²) in [5, 5.41) is 7.81. The lowest BCUT2D eigenvalue weighted by atomic mass is 10.0. The van der Waals surface area contributed by atoms with Gasteiger partial charge in [-0.15, -0.1) is 11.3 Å². The summed E-state index contributed by atoms with van der Waals surface area (Å²) in [4.78, 5) is 11.2. The molecule has 160 valence electrons. The molecule has 1 atom stereocenters. The molecule has 1 fully saturated rings. The molecule has 0 spiro atoms. The number of aromatic nitrogens is 1. The van der Waals surface area contributed by atoms with Crippen LogP contribution in [0.4, 0.5) is 5.00 Å². The lowest BCUT2D eigenvalue weighted by Crippen LogP contribution is -2.52. The van der Waals surface area contributed by atoms with Crippen LogP contribution in [0.3, 0.4) is 0 Å². The van der Waals surface area contributed by atoms with Crippen LogP contribution in [-0.2, 0) is 6.42 Å². The molecule has 1 saturated heterocycles. The Morgan fingerprint density at radius 3 is 2.94 bits per heavy atom. The number of thiophene rings is 1. The Kier molecular flexibility index (Phi) is 5.74. The number of halogens is 1. The molecule has 31 heavy (non-hydrogen) atoms. The van der Waals surface area contributed by atoms with Gasteiger partial charge in [-0.1, -0.05) is 29.8 Å². The third kappa shape index (κ3) is 4.10. The van der Waals surface area contributed by atoms with E-state index in [1.54, 1.807) is 0 Å². The Hall–Kier alpha value is -2.34. The molecule has 1 unspecified atom stereocenters. The summed E-state index contributed by atoms with van der Waals surface area (Å²) in [6, 6.07) is 15.1. The summed E-state index contributed by atoms with van der Waals surface area (Å²) >= 11 is 8.23. The molecule has 2 aliphatic heterocycles. The fourth-order valence-electron chi connectivity index (χ4n) is 4.60. The SMILES string of the molecule is Cc1cc2c(s1)NC=c1cccnc1=C2N1CCN(C)C(CCc2ccccc2Cl)C1. The Labute approximate surface area is 192 Å². The molecule has 2 aliphatic rings. The van der Waals surface area contributed by atoms with E-state index in [0.29, 0.717) is 6.04 Å². The van der Waals surface area contributed by atoms with Crippen molar-refractivity contribution in [2.24, 2.45) is 0 Å². The zero-order chi connectivity index (χ0) is 21.4. The Bertz CT molecular complexity index is 1220. The number of fused-ring (bicyclic) bond motifs is 2. The minimum atomic E-state index is 0.466. The van der Waals surface area contributed by atoms with Crippen LogP contribution in [0, 0.1) is 6.92 Å². The number of benzene rings is 1. The smallest absolute Gasteiger partial charge is 0.102 e. The van der Waals surface area contributed by atoms with E-state index in [1.165, 1.54) is 26.7 Å². The zero-order valence-corrected chi connectivity index (χ0v) is 19.5. The van der Waals surface area contributed by atoms with Gasteiger partial charge in [0.25, 0.3) is 0 Å². The van der Waals surface area contributed by atoms with Crippen LogP contribution in [0.15, 0.2) is 48.7 Å². The number of anilines is 1. The molecule has 5 rings (SSSR count). The number of aryl methyl sites for hydroxylation is 2. The quantitative estimate of drug-likeness (QED) is 0.657. The van der Waals surface area contributed by atoms with Crippen molar-refractivity contribution in [2.75, 3.05) is 32.0 Å². The normalized spacial score (nSPS) is 18.6. The maximum Gasteiger partial charge on any atom is 0.102 e. The van der Waals surface area contributed by atoms with E-state index in [0.717, 1.165) is 48.1 Å². The van der Waals surface area contributed by atoms with Crippen LogP contribution < -0.4 is 15.9 Å². The van der Waals surface area contributed by atoms with Crippen LogP contribution in [0.1, 0.15) is 22.4 Å². The van der Waals surface area contributed by atoms with E-state index < -0.39 is 0 Å². The predicted molar refractivity (Wildman–Crippen MR) is 131 cm³/mol. The fourth-order valence-corrected chi connectivity index (χ4v) is 5.72. The highest BCUT2D eigenvalue weighted by molar-refractivity contribution is 7.16. The summed E-state index contributed by atoms with van der Waals surface area (Å²) in [5.74, 6) is 0. The number of nitrogens with one attached hydrogen (secondary N) is 1. The highest BCUT2D eigenvalue weighted by Crippen LogP contribution is 2.35. The molecule has 0 radical (unpaired) electrons. The Morgan fingerprint density at radius 2 is 2.06 bits per heavy atom. The van der Waals surface area contributed by atoms with Crippen molar-refractivity contribution in [1.82, 2.24) is 14.8 Å². The molecule has 4 nitrogen and oxygen atoms in total. The van der Waals surface area contributed by atoms with E-state index in [1.807, 2.05) is 35.7 Å². The van der Waals surface area contributed by atoms with Crippen molar-refractivity contribution in [2.45, 2.75) is 25.8 Å². The number of piperazine rings is 1. The van der Waals surface area contributed by atoms with Gasteiger partial charge in [-0.2, -0.15) is 0 Å². The molecule has 1 N–H and O–H groups in total. The first-order valence-electron chi connectivity index (χ1n) is 10.8. The highest BCUT2D eigenvalue weighted by Gasteiger charge is 2.29. The number of hydrogen-bond acceptors (Lipinski definition) is 5. The van der Waals surface area contributed by atoms with Crippen molar-refractivity contribution in [3.63, 3.8) is 0 Å². The van der Waals surface area contributed by atoms with Gasteiger partial charge >= 0.3 is 0 Å². The van der Waals surface area contributed by atoms with E-state index >= 15 is 0 Å². The predicted octanol–water partition coefficient (Wildman–Crippen LogP) is 3.67. The first-order chi connectivity index (χ1) is 15.1. The van der Waals surface area contributed by atoms with Gasteiger partial charge in [0.2, 0.25) is 0 Å². The number of likely N-dealkylation sites (N-methyl/N-ethyl adjacent to an activating group) is 1. The van der Waals surface area contributed by atoms with Crippen LogP contribution in [0.25, 0.3) is 11.9 Å². The minimum absolute atomic E-state index is 0.466. The second kappa shape index (κ2) is 8.65. The summed E-state index contributed by atoms with van der Waals surface area (Å²) in [6.07, 6.45) is 6.07. The van der Waals surface area contributed by atoms with Crippen molar-refractivity contribution in [1.29, 1.82) is 0 Å². The molecule has 1 aromatic carbocycles. The van der Waals surface area contributed by atoms with Crippen LogP contribution in [0.5, 0.6) is 0 Å². The van der Waals surface area contributed by atoms with Crippen molar-refractivity contribution in [3.05, 3.63) is 80.3 Å². The number of rotatable bonds is 4. The largest absolute Gasteiger partial charge is 0.366 e. The summed E-state index contributed by atoms with van der Waals surface area (Å²) in [7, 11) is 2.24. The minimum Gasteiger partial charge on any atom is -0.366 e. The molecule has 0 saturated carbocycles. The van der Waals surface area contributed by atoms with Crippen molar-refractivity contribution < 1.29 is 0 Å². The summed E-state index contributed by atoms with van der Waals surface area (Å²) in [5.41, 5.74) is 3.76. The van der Waals surface area contributed by atoms with E-state index in [9.17, 15) is 0 Å². The summed E-state index contributed by atoms with van der Waals surface area (Å²) < 4.78 is 0. The van der Waals surface area contributed by atoms with Gasteiger partial charge in [-0.05, 0) is 56.6 Å². The van der Waals surface area contributed by atoms with Gasteiger partial charge in [0.15, 0.2) is 0 Å². The topological polar surface area (TPSA) is 31.4 Å². The van der Waals surface area contributed by atoms with Gasteiger partial charge in [0.1, 0.15) is 5.00 Å². The second-order valence-corrected chi connectivity index (χ2v) is 10.1. The molecule has 0 bridgehead atoms. The lowest BCUT2D eigenvalue weighted by Gasteiger charge is -2.41. The third-order valence-electron chi connectivity index (χ3n) is 6.33. The molecular formula is C25H27ClN4S. The van der Waals surface area contributed by atoms with Gasteiger partial charge in [0.05, 0.1) is 11.0 Å². The van der Waals surface area contributed by atoms with Gasteiger partial charge in [-0.25, -0.2) is 0 Å². The maximum atomic E-state index is 6.42. The van der Waals surface area contributed by atoms with E-state index in [4.69, 9.17) is 16.6 Å². The molecular weight excluding hydrogens is 424 g/mol. The average molecular weight is 451 g/mol. The first kappa shape index (κ1) is 20.6. The molecule has 0 amide bonds. The number of nitrogens with zero attached hydrogens (tertiary/aromatic N) is 3. The highest BCUT2D eigenvalue weighted by atomic mass is 35.5. The van der Waals surface area contributed by atoms with Crippen LogP contribution in [-0.4, -0.2) is 47.5 Å². The van der Waals surface area contributed by atoms with Crippen LogP contribution in [0.2, 0.25) is 5.02 Å². The molecule has 2 aromatic heterocycles. The van der Waals surface area contributed by atoms with E-state index in [2.05, 4.69) is 59.6 Å². The number of hydrogen-bond donors (Lipinski definition) is 1. The fraction of sp³-hybridized carbons (Fsp3) is 0.320. The molecule has 0 aliphatic carbocycles. The average Bonchev–Trinajstić information content (AvgIpc) is 3.07. The van der Waals surface area contributed by atoms with Crippen LogP contribution >= 0.6 is 22.9 Å². The van der Waals surface area contributed by atoms with Crippen molar-refractivity contribution in [3.8, 4) is 0 Å². The number of pyridine rings is 1. The summed E-state index contributed by atoms with van der Waals surface area (Å²) in [6.45, 7) is 5.20. The van der Waals surface area contributed by atoms with Gasteiger partial charge in [0, 0.05) is 58.8 Å². The third-order valence-corrected chi connectivity index (χ3v) is 7.68. The van der Waals surface area contributed by atoms with Gasteiger partial charge in [-0.3, -0.25) is 9.88 Å². The Balaban J connectivity index is 1.48. The van der Waals surface area contributed by atoms with Crippen molar-refractivity contribution >= 4 is 39.8 Å². The molecule has 4 heterocycles. The molecule has 3 aromatic rings. The first-order valence-corrected chi connectivity index (χ1v) is 12.0. The zero-order valence-electron chi connectivity index (χ0n) is 17.9. The molecule has 6 heteroatoms. The lowest BCUT2D eigenvalue weighted by molar-refractivity contribution is 0.128. The maximum absolute atomic E-state index is 6.42.